The van der Waals surface area contributed by atoms with Gasteiger partial charge in [-0.05, 0) is 88.0 Å². The lowest BCUT2D eigenvalue weighted by atomic mass is 9.98. The highest BCUT2D eigenvalue weighted by Gasteiger charge is 2.23. The maximum absolute atomic E-state index is 6.81. The molecule has 0 atom stereocenters. The first-order valence-electron chi connectivity index (χ1n) is 17.3. The van der Waals surface area contributed by atoms with Crippen molar-refractivity contribution in [3.63, 3.8) is 0 Å². The highest BCUT2D eigenvalue weighted by molar-refractivity contribution is 6.17. The molecule has 0 unspecified atom stereocenters. The van der Waals surface area contributed by atoms with E-state index in [1.165, 1.54) is 11.1 Å². The number of para-hydroxylation sites is 1. The van der Waals surface area contributed by atoms with Crippen LogP contribution in [0.5, 0.6) is 0 Å². The maximum atomic E-state index is 6.81. The Hall–Kier alpha value is -6.84. The van der Waals surface area contributed by atoms with E-state index in [1.54, 1.807) is 0 Å². The fourth-order valence-corrected chi connectivity index (χ4v) is 7.42. The normalized spacial score (nSPS) is 11.5. The van der Waals surface area contributed by atoms with Gasteiger partial charge in [0.1, 0.15) is 16.7 Å². The van der Waals surface area contributed by atoms with Crippen molar-refractivity contribution >= 4 is 60.9 Å². The third-order valence-corrected chi connectivity index (χ3v) is 9.88. The van der Waals surface area contributed by atoms with Gasteiger partial charge in [0.15, 0.2) is 5.58 Å². The van der Waals surface area contributed by atoms with Crippen molar-refractivity contribution in [3.05, 3.63) is 188 Å². The minimum atomic E-state index is 0.841. The standard InChI is InChI=1S/C48H31NO2/c1-4-12-32(13-5-1)34-20-23-37(24-21-34)49(38-25-29-46-42(31-38)41-30-36(22-28-45(41)50-46)33-14-6-2-7-15-33)43-27-26-39(35-16-8-3-9-17-35)47-40-18-10-11-19-44(40)51-48(43)47/h1-31H. The number of anilines is 3. The molecule has 0 saturated heterocycles. The first-order chi connectivity index (χ1) is 25.3. The van der Waals surface area contributed by atoms with Gasteiger partial charge in [-0.1, -0.05) is 133 Å². The summed E-state index contributed by atoms with van der Waals surface area (Å²) in [5.74, 6) is 0. The van der Waals surface area contributed by atoms with E-state index in [-0.39, 0.29) is 0 Å². The fourth-order valence-electron chi connectivity index (χ4n) is 7.42. The average molecular weight is 654 g/mol. The van der Waals surface area contributed by atoms with Gasteiger partial charge in [-0.25, -0.2) is 0 Å². The lowest BCUT2D eigenvalue weighted by molar-refractivity contribution is 0.669. The Kier molecular flexibility index (Phi) is 6.81. The van der Waals surface area contributed by atoms with Gasteiger partial charge in [0.25, 0.3) is 0 Å². The van der Waals surface area contributed by atoms with Crippen LogP contribution in [0.3, 0.4) is 0 Å². The van der Waals surface area contributed by atoms with Crippen LogP contribution in [0.25, 0.3) is 77.3 Å². The lowest BCUT2D eigenvalue weighted by Gasteiger charge is -2.26. The number of rotatable bonds is 6. The summed E-state index contributed by atoms with van der Waals surface area (Å²) in [6.45, 7) is 0. The summed E-state index contributed by atoms with van der Waals surface area (Å²) in [6, 6.07) is 66.1. The molecule has 2 heterocycles. The Balaban J connectivity index is 1.21. The predicted molar refractivity (Wildman–Crippen MR) is 212 cm³/mol. The molecule has 3 heteroatoms. The van der Waals surface area contributed by atoms with Crippen LogP contribution >= 0.6 is 0 Å². The summed E-state index contributed by atoms with van der Waals surface area (Å²) in [6.07, 6.45) is 0. The summed E-state index contributed by atoms with van der Waals surface area (Å²) in [7, 11) is 0. The third-order valence-electron chi connectivity index (χ3n) is 9.88. The molecule has 0 bridgehead atoms. The van der Waals surface area contributed by atoms with Crippen molar-refractivity contribution in [3.8, 4) is 33.4 Å². The summed E-state index contributed by atoms with van der Waals surface area (Å²) in [4.78, 5) is 2.31. The zero-order valence-electron chi connectivity index (χ0n) is 27.7. The highest BCUT2D eigenvalue weighted by Crippen LogP contribution is 2.47. The van der Waals surface area contributed by atoms with E-state index >= 15 is 0 Å². The van der Waals surface area contributed by atoms with Crippen molar-refractivity contribution in [2.75, 3.05) is 4.90 Å². The average Bonchev–Trinajstić information content (AvgIpc) is 3.78. The van der Waals surface area contributed by atoms with Crippen LogP contribution in [-0.4, -0.2) is 0 Å². The SMILES string of the molecule is c1ccc(-c2ccc(N(c3ccc4oc5ccc(-c6ccccc6)cc5c4c3)c3ccc(-c4ccccc4)c4c3oc3ccccc34)cc2)cc1. The van der Waals surface area contributed by atoms with Gasteiger partial charge in [-0.15, -0.1) is 0 Å². The second kappa shape index (κ2) is 11.9. The van der Waals surface area contributed by atoms with Gasteiger partial charge < -0.3 is 13.7 Å². The largest absolute Gasteiger partial charge is 0.456 e. The molecule has 0 aliphatic carbocycles. The van der Waals surface area contributed by atoms with Gasteiger partial charge in [0, 0.05) is 32.9 Å². The molecule has 0 aliphatic heterocycles. The molecule has 0 fully saturated rings. The molecule has 0 spiro atoms. The molecular weight excluding hydrogens is 623 g/mol. The first-order valence-corrected chi connectivity index (χ1v) is 17.3. The summed E-state index contributed by atoms with van der Waals surface area (Å²) < 4.78 is 13.2. The summed E-state index contributed by atoms with van der Waals surface area (Å²) in [5.41, 5.74) is 13.4. The van der Waals surface area contributed by atoms with E-state index in [4.69, 9.17) is 8.83 Å². The van der Waals surface area contributed by atoms with Crippen LogP contribution in [0, 0.1) is 0 Å². The van der Waals surface area contributed by atoms with Gasteiger partial charge in [0.05, 0.1) is 5.69 Å². The Morgan fingerprint density at radius 1 is 0.333 bits per heavy atom. The van der Waals surface area contributed by atoms with Gasteiger partial charge in [-0.3, -0.25) is 0 Å². The van der Waals surface area contributed by atoms with E-state index in [0.717, 1.165) is 83.2 Å². The van der Waals surface area contributed by atoms with Crippen LogP contribution in [0.4, 0.5) is 17.1 Å². The van der Waals surface area contributed by atoms with Crippen LogP contribution in [-0.2, 0) is 0 Å². The highest BCUT2D eigenvalue weighted by atomic mass is 16.3. The van der Waals surface area contributed by atoms with E-state index < -0.39 is 0 Å². The van der Waals surface area contributed by atoms with Crippen molar-refractivity contribution in [2.24, 2.45) is 0 Å². The maximum Gasteiger partial charge on any atom is 0.160 e. The lowest BCUT2D eigenvalue weighted by Crippen LogP contribution is -2.10. The topological polar surface area (TPSA) is 29.5 Å². The Labute approximate surface area is 295 Å². The molecule has 0 radical (unpaired) electrons. The van der Waals surface area contributed by atoms with E-state index in [9.17, 15) is 0 Å². The second-order valence-corrected chi connectivity index (χ2v) is 12.9. The quantitative estimate of drug-likeness (QED) is 0.179. The molecule has 51 heavy (non-hydrogen) atoms. The Bertz CT molecular complexity index is 2830. The van der Waals surface area contributed by atoms with E-state index in [0.29, 0.717) is 0 Å². The number of benzene rings is 8. The first kappa shape index (κ1) is 29.1. The Morgan fingerprint density at radius 3 is 1.59 bits per heavy atom. The zero-order valence-corrected chi connectivity index (χ0v) is 27.7. The predicted octanol–water partition coefficient (Wildman–Crippen LogP) is 14.0. The fraction of sp³-hybridized carbons (Fsp3) is 0. The molecule has 2 aromatic heterocycles. The van der Waals surface area contributed by atoms with E-state index in [1.807, 2.05) is 12.1 Å². The molecular formula is C48H31NO2. The van der Waals surface area contributed by atoms with Gasteiger partial charge >= 0.3 is 0 Å². The molecule has 0 N–H and O–H groups in total. The molecule has 3 nitrogen and oxygen atoms in total. The minimum Gasteiger partial charge on any atom is -0.456 e. The number of nitrogens with zero attached hydrogens (tertiary/aromatic N) is 1. The molecule has 8 aromatic carbocycles. The van der Waals surface area contributed by atoms with Crippen LogP contribution in [0.15, 0.2) is 197 Å². The van der Waals surface area contributed by atoms with Crippen LogP contribution in [0.1, 0.15) is 0 Å². The molecule has 0 amide bonds. The molecule has 10 aromatic rings. The Morgan fingerprint density at radius 2 is 0.863 bits per heavy atom. The zero-order chi connectivity index (χ0) is 33.7. The number of hydrogen-bond acceptors (Lipinski definition) is 3. The van der Waals surface area contributed by atoms with Crippen molar-refractivity contribution < 1.29 is 8.83 Å². The number of fused-ring (bicyclic) bond motifs is 6. The summed E-state index contributed by atoms with van der Waals surface area (Å²) >= 11 is 0. The van der Waals surface area contributed by atoms with Gasteiger partial charge in [0.2, 0.25) is 0 Å². The number of hydrogen-bond donors (Lipinski definition) is 0. The van der Waals surface area contributed by atoms with Crippen molar-refractivity contribution in [1.29, 1.82) is 0 Å². The molecule has 10 rings (SSSR count). The van der Waals surface area contributed by atoms with E-state index in [2.05, 4.69) is 181 Å². The van der Waals surface area contributed by atoms with Crippen LogP contribution < -0.4 is 4.90 Å². The third kappa shape index (κ3) is 4.98. The van der Waals surface area contributed by atoms with Crippen molar-refractivity contribution in [1.82, 2.24) is 0 Å². The number of furan rings is 2. The van der Waals surface area contributed by atoms with Crippen LogP contribution in [0.2, 0.25) is 0 Å². The van der Waals surface area contributed by atoms with Gasteiger partial charge in [-0.2, -0.15) is 0 Å². The minimum absolute atomic E-state index is 0.841. The van der Waals surface area contributed by atoms with Crippen molar-refractivity contribution in [2.45, 2.75) is 0 Å². The molecule has 0 aliphatic rings. The summed E-state index contributed by atoms with van der Waals surface area (Å²) in [5, 5.41) is 4.34. The smallest absolute Gasteiger partial charge is 0.160 e. The molecule has 240 valence electrons. The monoisotopic (exact) mass is 653 g/mol. The molecule has 0 saturated carbocycles. The second-order valence-electron chi connectivity index (χ2n) is 12.9.